The Morgan fingerprint density at radius 3 is 2.59 bits per heavy atom. The van der Waals surface area contributed by atoms with Crippen LogP contribution in [0.2, 0.25) is 0 Å². The van der Waals surface area contributed by atoms with Crippen molar-refractivity contribution in [2.24, 2.45) is 16.5 Å². The fraction of sp³-hybridized carbons (Fsp3) is 0.143. The summed E-state index contributed by atoms with van der Waals surface area (Å²) in [4.78, 5) is 8.03. The first-order valence-electron chi connectivity index (χ1n) is 6.34. The average molecular weight is 307 g/mol. The van der Waals surface area contributed by atoms with Gasteiger partial charge in [0.2, 0.25) is 0 Å². The van der Waals surface area contributed by atoms with E-state index in [-0.39, 0.29) is 22.3 Å². The third-order valence-corrected chi connectivity index (χ3v) is 3.35. The van der Waals surface area contributed by atoms with Crippen molar-refractivity contribution >= 4 is 17.0 Å². The van der Waals surface area contributed by atoms with Crippen molar-refractivity contribution in [3.8, 4) is 0 Å². The lowest BCUT2D eigenvalue weighted by Gasteiger charge is -2.30. The molecule has 8 heteroatoms. The van der Waals surface area contributed by atoms with Gasteiger partial charge in [-0.2, -0.15) is 13.2 Å². The average Bonchev–Trinajstić information content (AvgIpc) is 2.44. The van der Waals surface area contributed by atoms with E-state index in [4.69, 9.17) is 11.5 Å². The Kier molecular flexibility index (Phi) is 3.06. The van der Waals surface area contributed by atoms with E-state index in [1.807, 2.05) is 0 Å². The second-order valence-corrected chi connectivity index (χ2v) is 4.91. The Morgan fingerprint density at radius 2 is 1.91 bits per heavy atom. The van der Waals surface area contributed by atoms with Gasteiger partial charge in [0.1, 0.15) is 5.82 Å². The van der Waals surface area contributed by atoms with Crippen LogP contribution in [0.5, 0.6) is 0 Å². The van der Waals surface area contributed by atoms with Crippen LogP contribution in [0.3, 0.4) is 0 Å². The first-order chi connectivity index (χ1) is 10.3. The van der Waals surface area contributed by atoms with Crippen molar-refractivity contribution in [1.82, 2.24) is 10.3 Å². The number of rotatable bonds is 1. The monoisotopic (exact) mass is 307 g/mol. The summed E-state index contributed by atoms with van der Waals surface area (Å²) in [5.74, 6) is 0.204. The van der Waals surface area contributed by atoms with Crippen LogP contribution < -0.4 is 16.8 Å². The SMILES string of the molecule is NC1=CN=CC(N)(c2nccc3c(C(F)(F)F)cccc23)N1. The molecule has 5 nitrogen and oxygen atoms in total. The fourth-order valence-electron chi connectivity index (χ4n) is 2.44. The summed E-state index contributed by atoms with van der Waals surface area (Å²) < 4.78 is 39.4. The van der Waals surface area contributed by atoms with E-state index in [1.54, 1.807) is 0 Å². The highest BCUT2D eigenvalue weighted by Gasteiger charge is 2.35. The number of aromatic nitrogens is 1. The largest absolute Gasteiger partial charge is 0.417 e. The van der Waals surface area contributed by atoms with E-state index >= 15 is 0 Å². The predicted octanol–water partition coefficient (Wildman–Crippen LogP) is 1.80. The molecule has 0 bridgehead atoms. The van der Waals surface area contributed by atoms with Crippen LogP contribution >= 0.6 is 0 Å². The van der Waals surface area contributed by atoms with Gasteiger partial charge < -0.3 is 11.1 Å². The van der Waals surface area contributed by atoms with E-state index in [0.717, 1.165) is 6.07 Å². The van der Waals surface area contributed by atoms with Crippen molar-refractivity contribution in [2.45, 2.75) is 11.8 Å². The molecule has 2 aromatic rings. The maximum absolute atomic E-state index is 13.1. The minimum Gasteiger partial charge on any atom is -0.384 e. The Bertz CT molecular complexity index is 797. The van der Waals surface area contributed by atoms with Gasteiger partial charge in [-0.1, -0.05) is 12.1 Å². The van der Waals surface area contributed by atoms with Gasteiger partial charge in [0.25, 0.3) is 0 Å². The maximum atomic E-state index is 13.1. The van der Waals surface area contributed by atoms with E-state index in [0.29, 0.717) is 0 Å². The summed E-state index contributed by atoms with van der Waals surface area (Å²) in [6, 6.07) is 5.18. The topological polar surface area (TPSA) is 89.3 Å². The smallest absolute Gasteiger partial charge is 0.384 e. The molecular weight excluding hydrogens is 295 g/mol. The third kappa shape index (κ3) is 2.27. The van der Waals surface area contributed by atoms with Crippen molar-refractivity contribution in [3.05, 3.63) is 53.7 Å². The number of halogens is 3. The van der Waals surface area contributed by atoms with Crippen LogP contribution in [0.4, 0.5) is 13.2 Å². The summed E-state index contributed by atoms with van der Waals surface area (Å²) in [5.41, 5.74) is 9.91. The predicted molar refractivity (Wildman–Crippen MR) is 76.5 cm³/mol. The standard InChI is InChI=1S/C14H12F3N5/c15-14(16,17)10-3-1-2-9-8(10)4-5-21-12(9)13(19)7-20-6-11(18)22-13/h1-7,22H,18-19H2. The number of hydrogen-bond acceptors (Lipinski definition) is 5. The first-order valence-corrected chi connectivity index (χ1v) is 6.34. The molecule has 3 rings (SSSR count). The molecule has 1 aromatic carbocycles. The highest BCUT2D eigenvalue weighted by atomic mass is 19.4. The van der Waals surface area contributed by atoms with Gasteiger partial charge in [-0.25, -0.2) is 0 Å². The molecule has 5 N–H and O–H groups in total. The molecule has 1 unspecified atom stereocenters. The number of aliphatic imine (C=N–C) groups is 1. The normalized spacial score (nSPS) is 21.5. The molecule has 1 atom stereocenters. The minimum absolute atomic E-state index is 0.0214. The van der Waals surface area contributed by atoms with Crippen molar-refractivity contribution < 1.29 is 13.2 Å². The molecule has 1 aliphatic rings. The maximum Gasteiger partial charge on any atom is 0.417 e. The lowest BCUT2D eigenvalue weighted by Crippen LogP contribution is -2.54. The summed E-state index contributed by atoms with van der Waals surface area (Å²) in [7, 11) is 0. The molecule has 0 fully saturated rings. The Balaban J connectivity index is 2.25. The lowest BCUT2D eigenvalue weighted by atomic mass is 9.97. The van der Waals surface area contributed by atoms with Crippen LogP contribution in [0.15, 0.2) is 47.5 Å². The van der Waals surface area contributed by atoms with Crippen molar-refractivity contribution in [1.29, 1.82) is 0 Å². The number of pyridine rings is 1. The molecule has 0 spiro atoms. The number of benzene rings is 1. The van der Waals surface area contributed by atoms with Crippen LogP contribution in [-0.2, 0) is 11.8 Å². The second-order valence-electron chi connectivity index (χ2n) is 4.91. The van der Waals surface area contributed by atoms with Gasteiger partial charge >= 0.3 is 6.18 Å². The highest BCUT2D eigenvalue weighted by molar-refractivity contribution is 5.91. The van der Waals surface area contributed by atoms with Crippen LogP contribution in [-0.4, -0.2) is 11.2 Å². The van der Waals surface area contributed by atoms with Gasteiger partial charge in [0.05, 0.1) is 23.7 Å². The molecule has 0 amide bonds. The number of fused-ring (bicyclic) bond motifs is 1. The zero-order valence-electron chi connectivity index (χ0n) is 11.2. The Hall–Kier alpha value is -2.61. The van der Waals surface area contributed by atoms with E-state index < -0.39 is 17.4 Å². The molecule has 1 aliphatic heterocycles. The fourth-order valence-corrected chi connectivity index (χ4v) is 2.44. The van der Waals surface area contributed by atoms with E-state index in [1.165, 1.54) is 36.8 Å². The van der Waals surface area contributed by atoms with Crippen molar-refractivity contribution in [2.75, 3.05) is 0 Å². The van der Waals surface area contributed by atoms with E-state index in [9.17, 15) is 13.2 Å². The number of alkyl halides is 3. The molecule has 0 radical (unpaired) electrons. The van der Waals surface area contributed by atoms with Gasteiger partial charge in [-0.05, 0) is 17.5 Å². The molecule has 0 aliphatic carbocycles. The zero-order chi connectivity index (χ0) is 16.0. The van der Waals surface area contributed by atoms with Gasteiger partial charge in [0, 0.05) is 11.6 Å². The summed E-state index contributed by atoms with van der Waals surface area (Å²) in [5, 5.41) is 3.09. The van der Waals surface area contributed by atoms with Gasteiger partial charge in [0.15, 0.2) is 5.66 Å². The van der Waals surface area contributed by atoms with Crippen molar-refractivity contribution in [3.63, 3.8) is 0 Å². The van der Waals surface area contributed by atoms with Gasteiger partial charge in [-0.15, -0.1) is 0 Å². The molecular formula is C14H12F3N5. The number of nitrogens with zero attached hydrogens (tertiary/aromatic N) is 2. The zero-order valence-corrected chi connectivity index (χ0v) is 11.2. The second kappa shape index (κ2) is 4.70. The number of nitrogens with one attached hydrogen (secondary N) is 1. The Morgan fingerprint density at radius 1 is 1.14 bits per heavy atom. The molecule has 2 heterocycles. The summed E-state index contributed by atoms with van der Waals surface area (Å²) >= 11 is 0. The quantitative estimate of drug-likeness (QED) is 0.749. The van der Waals surface area contributed by atoms with Crippen LogP contribution in [0.1, 0.15) is 11.3 Å². The molecule has 22 heavy (non-hydrogen) atoms. The Labute approximate surface area is 123 Å². The summed E-state index contributed by atoms with van der Waals surface area (Å²) in [6.07, 6.45) is -0.471. The van der Waals surface area contributed by atoms with Crippen LogP contribution in [0.25, 0.3) is 10.8 Å². The van der Waals surface area contributed by atoms with Crippen LogP contribution in [0, 0.1) is 0 Å². The minimum atomic E-state index is -4.47. The third-order valence-electron chi connectivity index (χ3n) is 3.35. The molecule has 0 saturated heterocycles. The van der Waals surface area contributed by atoms with Gasteiger partial charge in [-0.3, -0.25) is 15.7 Å². The molecule has 114 valence electrons. The lowest BCUT2D eigenvalue weighted by molar-refractivity contribution is -0.136. The highest BCUT2D eigenvalue weighted by Crippen LogP contribution is 2.36. The molecule has 0 saturated carbocycles. The van der Waals surface area contributed by atoms with E-state index in [2.05, 4.69) is 15.3 Å². The molecule has 1 aromatic heterocycles. The first kappa shape index (κ1) is 14.3. The summed E-state index contributed by atoms with van der Waals surface area (Å²) in [6.45, 7) is 0. The number of nitrogens with two attached hydrogens (primary N) is 2. The number of hydrogen-bond donors (Lipinski definition) is 3.